The van der Waals surface area contributed by atoms with Gasteiger partial charge in [0.15, 0.2) is 0 Å². The molecule has 2 nitrogen and oxygen atoms in total. The van der Waals surface area contributed by atoms with Gasteiger partial charge in [-0.25, -0.2) is 4.79 Å². The quantitative estimate of drug-likeness (QED) is 0.530. The van der Waals surface area contributed by atoms with Crippen LogP contribution in [-0.2, 0) is 9.53 Å². The maximum Gasteiger partial charge on any atom is 0.330 e. The van der Waals surface area contributed by atoms with Crippen LogP contribution < -0.4 is 0 Å². The van der Waals surface area contributed by atoms with E-state index in [9.17, 15) is 4.79 Å². The lowest BCUT2D eigenvalue weighted by Gasteiger charge is -2.29. The fraction of sp³-hybridized carbons (Fsp3) is 0.824. The minimum absolute atomic E-state index is 0.158. The Kier molecular flexibility index (Phi) is 5.47. The average Bonchev–Trinajstić information content (AvgIpc) is 2.79. The van der Waals surface area contributed by atoms with Gasteiger partial charge in [0, 0.05) is 6.08 Å². The third-order valence-electron chi connectivity index (χ3n) is 4.90. The molecule has 0 radical (unpaired) electrons. The predicted molar refractivity (Wildman–Crippen MR) is 77.9 cm³/mol. The molecule has 0 amide bonds. The molecule has 2 aliphatic rings. The van der Waals surface area contributed by atoms with Crippen LogP contribution in [0.5, 0.6) is 0 Å². The Morgan fingerprint density at radius 3 is 2.42 bits per heavy atom. The van der Waals surface area contributed by atoms with E-state index in [1.807, 2.05) is 0 Å². The van der Waals surface area contributed by atoms with Gasteiger partial charge in [-0.15, -0.1) is 0 Å². The molecule has 0 spiro atoms. The van der Waals surface area contributed by atoms with Crippen molar-refractivity contribution in [1.29, 1.82) is 0 Å². The summed E-state index contributed by atoms with van der Waals surface area (Å²) in [7, 11) is 0. The van der Waals surface area contributed by atoms with E-state index < -0.39 is 0 Å². The second kappa shape index (κ2) is 7.12. The Hall–Kier alpha value is -0.790. The standard InChI is InChI=1S/C17H28O2/c1-2-16(18)19-17-12-9-7-5-3-4-6-8-10-15(14-17)11-13-17/h2,15H,1,3-14H2. The highest BCUT2D eigenvalue weighted by molar-refractivity contribution is 5.81. The third kappa shape index (κ3) is 4.36. The second-order valence-electron chi connectivity index (χ2n) is 6.43. The maximum absolute atomic E-state index is 11.6. The van der Waals surface area contributed by atoms with Crippen molar-refractivity contribution in [3.63, 3.8) is 0 Å². The Balaban J connectivity index is 1.97. The molecule has 2 unspecified atom stereocenters. The van der Waals surface area contributed by atoms with Gasteiger partial charge in [-0.3, -0.25) is 0 Å². The molecule has 2 heteroatoms. The Labute approximate surface area is 117 Å². The van der Waals surface area contributed by atoms with Gasteiger partial charge in [0.25, 0.3) is 0 Å². The van der Waals surface area contributed by atoms with Crippen LogP contribution in [0.15, 0.2) is 12.7 Å². The van der Waals surface area contributed by atoms with E-state index in [-0.39, 0.29) is 11.6 Å². The van der Waals surface area contributed by atoms with E-state index in [1.54, 1.807) is 0 Å². The first-order chi connectivity index (χ1) is 9.24. The Morgan fingerprint density at radius 2 is 1.68 bits per heavy atom. The van der Waals surface area contributed by atoms with Crippen molar-refractivity contribution in [3.05, 3.63) is 12.7 Å². The maximum atomic E-state index is 11.6. The molecule has 108 valence electrons. The van der Waals surface area contributed by atoms with E-state index in [2.05, 4.69) is 6.58 Å². The first-order valence-corrected chi connectivity index (χ1v) is 8.09. The summed E-state index contributed by atoms with van der Waals surface area (Å²) < 4.78 is 5.77. The van der Waals surface area contributed by atoms with E-state index in [1.165, 1.54) is 63.9 Å². The molecule has 0 aromatic heterocycles. The molecule has 2 bridgehead atoms. The van der Waals surface area contributed by atoms with Gasteiger partial charge in [-0.2, -0.15) is 0 Å². The highest BCUT2D eigenvalue weighted by Gasteiger charge is 2.41. The van der Waals surface area contributed by atoms with Gasteiger partial charge >= 0.3 is 5.97 Å². The normalized spacial score (nSPS) is 32.9. The van der Waals surface area contributed by atoms with Gasteiger partial charge in [-0.1, -0.05) is 51.5 Å². The van der Waals surface area contributed by atoms with Gasteiger partial charge in [0.05, 0.1) is 0 Å². The number of rotatable bonds is 2. The summed E-state index contributed by atoms with van der Waals surface area (Å²) in [5.41, 5.74) is -0.158. The zero-order chi connectivity index (χ0) is 13.6. The number of esters is 1. The van der Waals surface area contributed by atoms with Gasteiger partial charge in [0.1, 0.15) is 5.60 Å². The molecular formula is C17H28O2. The summed E-state index contributed by atoms with van der Waals surface area (Å²) in [5.74, 6) is 0.546. The summed E-state index contributed by atoms with van der Waals surface area (Å²) in [4.78, 5) is 11.6. The lowest BCUT2D eigenvalue weighted by molar-refractivity contribution is -0.154. The van der Waals surface area contributed by atoms with Crippen LogP contribution in [0.25, 0.3) is 0 Å². The SMILES string of the molecule is C=CC(=O)OC12CCCCCCCCCC(CC1)C2. The fourth-order valence-corrected chi connectivity index (χ4v) is 3.83. The lowest BCUT2D eigenvalue weighted by atomic mass is 9.90. The van der Waals surface area contributed by atoms with E-state index in [0.717, 1.165) is 25.2 Å². The molecule has 0 saturated heterocycles. The van der Waals surface area contributed by atoms with Crippen molar-refractivity contribution in [1.82, 2.24) is 0 Å². The number of carbonyl (C=O) groups excluding carboxylic acids is 1. The second-order valence-corrected chi connectivity index (χ2v) is 6.43. The van der Waals surface area contributed by atoms with Crippen LogP contribution in [0.4, 0.5) is 0 Å². The van der Waals surface area contributed by atoms with Crippen molar-refractivity contribution in [2.45, 2.75) is 82.7 Å². The number of hydrogen-bond donors (Lipinski definition) is 0. The highest BCUT2D eigenvalue weighted by Crippen LogP contribution is 2.43. The van der Waals surface area contributed by atoms with Crippen LogP contribution in [0.1, 0.15) is 77.0 Å². The summed E-state index contributed by atoms with van der Waals surface area (Å²) in [6.07, 6.45) is 16.5. The minimum Gasteiger partial charge on any atom is -0.456 e. The molecule has 2 saturated carbocycles. The highest BCUT2D eigenvalue weighted by atomic mass is 16.6. The van der Waals surface area contributed by atoms with Gasteiger partial charge < -0.3 is 4.74 Å². The Morgan fingerprint density at radius 1 is 1.00 bits per heavy atom. The fourth-order valence-electron chi connectivity index (χ4n) is 3.83. The topological polar surface area (TPSA) is 26.3 Å². The number of hydrogen-bond acceptors (Lipinski definition) is 2. The molecule has 2 fully saturated rings. The largest absolute Gasteiger partial charge is 0.456 e. The van der Waals surface area contributed by atoms with Gasteiger partial charge in [-0.05, 0) is 38.0 Å². The van der Waals surface area contributed by atoms with Crippen molar-refractivity contribution >= 4 is 5.97 Å². The molecule has 2 atom stereocenters. The molecule has 0 heterocycles. The van der Waals surface area contributed by atoms with Crippen LogP contribution in [0, 0.1) is 5.92 Å². The van der Waals surface area contributed by atoms with E-state index >= 15 is 0 Å². The predicted octanol–water partition coefficient (Wildman–Crippen LogP) is 4.78. The Bertz CT molecular complexity index is 310. The summed E-state index contributed by atoms with van der Waals surface area (Å²) in [6.45, 7) is 3.53. The van der Waals surface area contributed by atoms with Crippen molar-refractivity contribution in [2.75, 3.05) is 0 Å². The van der Waals surface area contributed by atoms with Crippen LogP contribution >= 0.6 is 0 Å². The summed E-state index contributed by atoms with van der Waals surface area (Å²) in [6, 6.07) is 0. The molecule has 0 N–H and O–H groups in total. The third-order valence-corrected chi connectivity index (χ3v) is 4.90. The first kappa shape index (κ1) is 14.6. The van der Waals surface area contributed by atoms with Gasteiger partial charge in [0.2, 0.25) is 0 Å². The molecular weight excluding hydrogens is 236 g/mol. The molecule has 0 aliphatic heterocycles. The smallest absolute Gasteiger partial charge is 0.330 e. The van der Waals surface area contributed by atoms with Crippen LogP contribution in [0.2, 0.25) is 0 Å². The summed E-state index contributed by atoms with van der Waals surface area (Å²) in [5, 5.41) is 0. The molecule has 0 aromatic carbocycles. The number of fused-ring (bicyclic) bond motifs is 2. The average molecular weight is 264 g/mol. The monoisotopic (exact) mass is 264 g/mol. The molecule has 2 rings (SSSR count). The van der Waals surface area contributed by atoms with Crippen LogP contribution in [0.3, 0.4) is 0 Å². The molecule has 2 aliphatic carbocycles. The number of carbonyl (C=O) groups is 1. The van der Waals surface area contributed by atoms with E-state index in [4.69, 9.17) is 4.74 Å². The lowest BCUT2D eigenvalue weighted by Crippen LogP contribution is -2.32. The van der Waals surface area contributed by atoms with Crippen molar-refractivity contribution < 1.29 is 9.53 Å². The van der Waals surface area contributed by atoms with Crippen molar-refractivity contribution in [3.8, 4) is 0 Å². The number of ether oxygens (including phenoxy) is 1. The van der Waals surface area contributed by atoms with Crippen LogP contribution in [-0.4, -0.2) is 11.6 Å². The molecule has 19 heavy (non-hydrogen) atoms. The van der Waals surface area contributed by atoms with E-state index in [0.29, 0.717) is 0 Å². The minimum atomic E-state index is -0.229. The zero-order valence-electron chi connectivity index (χ0n) is 12.2. The summed E-state index contributed by atoms with van der Waals surface area (Å²) >= 11 is 0. The van der Waals surface area contributed by atoms with Crippen molar-refractivity contribution in [2.24, 2.45) is 5.92 Å². The zero-order valence-corrected chi connectivity index (χ0v) is 12.2. The molecule has 0 aromatic rings. The first-order valence-electron chi connectivity index (χ1n) is 8.09.